The molecule has 2 aromatic carbocycles. The van der Waals surface area contributed by atoms with Gasteiger partial charge in [0.25, 0.3) is 0 Å². The lowest BCUT2D eigenvalue weighted by molar-refractivity contribution is 0.316. The van der Waals surface area contributed by atoms with E-state index in [1.807, 2.05) is 12.1 Å². The number of rotatable bonds is 6. The number of nitrogens with zero attached hydrogens (tertiary/aromatic N) is 1. The minimum atomic E-state index is -1.20. The first-order valence-corrected chi connectivity index (χ1v) is 8.80. The maximum Gasteiger partial charge on any atom is 0.161 e. The van der Waals surface area contributed by atoms with Crippen molar-refractivity contribution in [3.63, 3.8) is 0 Å². The van der Waals surface area contributed by atoms with Gasteiger partial charge in [-0.3, -0.25) is 0 Å². The van der Waals surface area contributed by atoms with Crippen LogP contribution >= 0.6 is 0 Å². The van der Waals surface area contributed by atoms with Gasteiger partial charge in [-0.05, 0) is 55.6 Å². The molecule has 1 aliphatic heterocycles. The van der Waals surface area contributed by atoms with Crippen LogP contribution in [0.4, 0.5) is 17.6 Å². The molecule has 0 saturated carbocycles. The van der Waals surface area contributed by atoms with E-state index in [9.17, 15) is 17.6 Å². The number of nitrogens with two attached hydrogens (primary N) is 1. The molecule has 2 aromatic rings. The molecule has 0 spiro atoms. The molecule has 140 valence electrons. The fourth-order valence-electron chi connectivity index (χ4n) is 3.55. The van der Waals surface area contributed by atoms with Gasteiger partial charge in [-0.2, -0.15) is 0 Å². The molecule has 2 N–H and O–H groups in total. The first-order valence-electron chi connectivity index (χ1n) is 8.80. The molecule has 3 rings (SSSR count). The molecule has 26 heavy (non-hydrogen) atoms. The van der Waals surface area contributed by atoms with E-state index in [0.29, 0.717) is 19.0 Å². The maximum atomic E-state index is 13.9. The second kappa shape index (κ2) is 8.18. The van der Waals surface area contributed by atoms with E-state index in [4.69, 9.17) is 5.73 Å². The van der Waals surface area contributed by atoms with Crippen molar-refractivity contribution in [3.8, 4) is 0 Å². The highest BCUT2D eigenvalue weighted by Gasteiger charge is 2.26. The Kier molecular flexibility index (Phi) is 5.94. The second-order valence-corrected chi connectivity index (χ2v) is 6.92. The normalized spacial score (nSPS) is 19.0. The lowest BCUT2D eigenvalue weighted by Crippen LogP contribution is -2.31. The third-order valence-electron chi connectivity index (χ3n) is 5.00. The number of hydrogen-bond donors (Lipinski definition) is 1. The van der Waals surface area contributed by atoms with Gasteiger partial charge in [0, 0.05) is 24.6 Å². The SMILES string of the molecule is N[C@@H](CCN1CCC(c2ccccc2F)C1)Cc1cc(F)c(F)cc1F. The average Bonchev–Trinajstić information content (AvgIpc) is 3.07. The fourth-order valence-corrected chi connectivity index (χ4v) is 3.55. The van der Waals surface area contributed by atoms with Crippen molar-refractivity contribution in [1.29, 1.82) is 0 Å². The van der Waals surface area contributed by atoms with Gasteiger partial charge in [0.05, 0.1) is 0 Å². The first-order chi connectivity index (χ1) is 12.4. The largest absolute Gasteiger partial charge is 0.327 e. The molecule has 2 atom stereocenters. The Morgan fingerprint density at radius 1 is 1.00 bits per heavy atom. The van der Waals surface area contributed by atoms with Crippen LogP contribution in [0.25, 0.3) is 0 Å². The van der Waals surface area contributed by atoms with Crippen LogP contribution in [-0.4, -0.2) is 30.6 Å². The summed E-state index contributed by atoms with van der Waals surface area (Å²) in [6, 6.07) is 7.88. The molecule has 1 saturated heterocycles. The van der Waals surface area contributed by atoms with Crippen LogP contribution in [0.2, 0.25) is 0 Å². The molecule has 6 heteroatoms. The average molecular weight is 366 g/mol. The lowest BCUT2D eigenvalue weighted by atomic mass is 9.98. The molecule has 0 amide bonds. The van der Waals surface area contributed by atoms with Crippen LogP contribution < -0.4 is 5.73 Å². The summed E-state index contributed by atoms with van der Waals surface area (Å²) in [6.45, 7) is 2.32. The van der Waals surface area contributed by atoms with E-state index in [2.05, 4.69) is 4.90 Å². The van der Waals surface area contributed by atoms with Gasteiger partial charge in [0.1, 0.15) is 11.6 Å². The van der Waals surface area contributed by atoms with E-state index in [0.717, 1.165) is 31.1 Å². The van der Waals surface area contributed by atoms with E-state index in [1.165, 1.54) is 6.07 Å². The van der Waals surface area contributed by atoms with E-state index in [1.54, 1.807) is 6.07 Å². The summed E-state index contributed by atoms with van der Waals surface area (Å²) in [6.07, 6.45) is 1.63. The number of benzene rings is 2. The quantitative estimate of drug-likeness (QED) is 0.619. The summed E-state index contributed by atoms with van der Waals surface area (Å²) in [5.41, 5.74) is 6.87. The van der Waals surface area contributed by atoms with Crippen molar-refractivity contribution < 1.29 is 17.6 Å². The van der Waals surface area contributed by atoms with Crippen LogP contribution in [0.15, 0.2) is 36.4 Å². The third-order valence-corrected chi connectivity index (χ3v) is 5.00. The van der Waals surface area contributed by atoms with Gasteiger partial charge in [-0.1, -0.05) is 18.2 Å². The second-order valence-electron chi connectivity index (χ2n) is 6.92. The van der Waals surface area contributed by atoms with Crippen molar-refractivity contribution in [2.45, 2.75) is 31.2 Å². The Morgan fingerprint density at radius 2 is 1.73 bits per heavy atom. The summed E-state index contributed by atoms with van der Waals surface area (Å²) < 4.78 is 53.8. The van der Waals surface area contributed by atoms with Crippen LogP contribution in [0.3, 0.4) is 0 Å². The highest BCUT2D eigenvalue weighted by molar-refractivity contribution is 5.23. The van der Waals surface area contributed by atoms with Crippen molar-refractivity contribution in [1.82, 2.24) is 4.90 Å². The maximum absolute atomic E-state index is 13.9. The Balaban J connectivity index is 1.50. The summed E-state index contributed by atoms with van der Waals surface area (Å²) in [5, 5.41) is 0. The van der Waals surface area contributed by atoms with Crippen LogP contribution in [0, 0.1) is 23.3 Å². The van der Waals surface area contributed by atoms with E-state index in [-0.39, 0.29) is 29.8 Å². The Bertz CT molecular complexity index is 765. The van der Waals surface area contributed by atoms with Gasteiger partial charge < -0.3 is 10.6 Å². The molecule has 0 aliphatic carbocycles. The van der Waals surface area contributed by atoms with Gasteiger partial charge in [0.2, 0.25) is 0 Å². The summed E-state index contributed by atoms with van der Waals surface area (Å²) in [4.78, 5) is 2.21. The fraction of sp³-hybridized carbons (Fsp3) is 0.400. The molecule has 0 bridgehead atoms. The number of hydrogen-bond acceptors (Lipinski definition) is 2. The van der Waals surface area contributed by atoms with Crippen LogP contribution in [0.1, 0.15) is 29.9 Å². The van der Waals surface area contributed by atoms with Crippen LogP contribution in [0.5, 0.6) is 0 Å². The van der Waals surface area contributed by atoms with E-state index >= 15 is 0 Å². The first kappa shape index (κ1) is 18.9. The predicted octanol–water partition coefficient (Wildman–Crippen LogP) is 3.99. The molecule has 0 radical (unpaired) electrons. The molecule has 0 aromatic heterocycles. The van der Waals surface area contributed by atoms with Gasteiger partial charge in [-0.15, -0.1) is 0 Å². The molecule has 1 heterocycles. The third kappa shape index (κ3) is 4.43. The molecular formula is C20H22F4N2. The van der Waals surface area contributed by atoms with Crippen molar-refractivity contribution in [2.24, 2.45) is 5.73 Å². The minimum Gasteiger partial charge on any atom is -0.327 e. The molecule has 2 nitrogen and oxygen atoms in total. The highest BCUT2D eigenvalue weighted by atomic mass is 19.2. The van der Waals surface area contributed by atoms with Gasteiger partial charge >= 0.3 is 0 Å². The molecule has 1 unspecified atom stereocenters. The smallest absolute Gasteiger partial charge is 0.161 e. The number of halogens is 4. The molecule has 1 fully saturated rings. The number of likely N-dealkylation sites (tertiary alicyclic amines) is 1. The zero-order valence-electron chi connectivity index (χ0n) is 14.4. The molecular weight excluding hydrogens is 344 g/mol. The lowest BCUT2D eigenvalue weighted by Gasteiger charge is -2.19. The zero-order valence-corrected chi connectivity index (χ0v) is 14.4. The van der Waals surface area contributed by atoms with Crippen LogP contribution in [-0.2, 0) is 6.42 Å². The Morgan fingerprint density at radius 3 is 2.50 bits per heavy atom. The topological polar surface area (TPSA) is 29.3 Å². The summed E-state index contributed by atoms with van der Waals surface area (Å²) >= 11 is 0. The van der Waals surface area contributed by atoms with Crippen molar-refractivity contribution >= 4 is 0 Å². The van der Waals surface area contributed by atoms with Crippen molar-refractivity contribution in [3.05, 3.63) is 70.8 Å². The standard InChI is InChI=1S/C20H22F4N2/c21-17-4-2-1-3-16(17)13-5-7-26(12-13)8-6-15(25)9-14-10-19(23)20(24)11-18(14)22/h1-4,10-11,13,15H,5-9,12,25H2/t13?,15-/m0/s1. The Hall–Kier alpha value is -1.92. The highest BCUT2D eigenvalue weighted by Crippen LogP contribution is 2.29. The molecule has 1 aliphatic rings. The van der Waals surface area contributed by atoms with Crippen molar-refractivity contribution in [2.75, 3.05) is 19.6 Å². The minimum absolute atomic E-state index is 0.0852. The van der Waals surface area contributed by atoms with Gasteiger partial charge in [0.15, 0.2) is 11.6 Å². The summed E-state index contributed by atoms with van der Waals surface area (Å²) in [7, 11) is 0. The zero-order chi connectivity index (χ0) is 18.7. The monoisotopic (exact) mass is 366 g/mol. The van der Waals surface area contributed by atoms with E-state index < -0.39 is 17.5 Å². The Labute approximate surface area is 150 Å². The summed E-state index contributed by atoms with van der Waals surface area (Å²) in [5.74, 6) is -3.06. The predicted molar refractivity (Wildman–Crippen MR) is 92.8 cm³/mol. The van der Waals surface area contributed by atoms with Gasteiger partial charge in [-0.25, -0.2) is 17.6 Å².